The van der Waals surface area contributed by atoms with Gasteiger partial charge in [-0.2, -0.15) is 0 Å². The van der Waals surface area contributed by atoms with Crippen LogP contribution >= 0.6 is 0 Å². The summed E-state index contributed by atoms with van der Waals surface area (Å²) < 4.78 is 2.18. The average Bonchev–Trinajstić information content (AvgIpc) is 2.53. The number of ketones is 1. The molecule has 0 saturated carbocycles. The summed E-state index contributed by atoms with van der Waals surface area (Å²) in [6.07, 6.45) is 0. The van der Waals surface area contributed by atoms with Gasteiger partial charge in [-0.05, 0) is 47.7 Å². The highest BCUT2D eigenvalue weighted by Crippen LogP contribution is 2.16. The molecular formula is C14H24N2O. The van der Waals surface area contributed by atoms with Crippen LogP contribution in [0.15, 0.2) is 6.07 Å². The van der Waals surface area contributed by atoms with Crippen LogP contribution in [0.5, 0.6) is 0 Å². The van der Waals surface area contributed by atoms with E-state index in [1.54, 1.807) is 0 Å². The maximum atomic E-state index is 12.2. The van der Waals surface area contributed by atoms with Gasteiger partial charge in [-0.3, -0.25) is 9.69 Å². The zero-order valence-electron chi connectivity index (χ0n) is 11.9. The van der Waals surface area contributed by atoms with Crippen LogP contribution in [0, 0.1) is 13.8 Å². The van der Waals surface area contributed by atoms with Gasteiger partial charge >= 0.3 is 0 Å². The van der Waals surface area contributed by atoms with Crippen molar-refractivity contribution in [3.63, 3.8) is 0 Å². The summed E-state index contributed by atoms with van der Waals surface area (Å²) >= 11 is 0. The highest BCUT2D eigenvalue weighted by Gasteiger charge is 2.17. The van der Waals surface area contributed by atoms with Crippen LogP contribution in [0.3, 0.4) is 0 Å². The molecule has 0 fully saturated rings. The fraction of sp³-hybridized carbons (Fsp3) is 0.643. The van der Waals surface area contributed by atoms with E-state index in [-0.39, 0.29) is 5.78 Å². The Kier molecular flexibility index (Phi) is 4.52. The van der Waals surface area contributed by atoms with E-state index in [4.69, 9.17) is 0 Å². The molecule has 0 radical (unpaired) electrons. The van der Waals surface area contributed by atoms with Crippen LogP contribution in [-0.4, -0.2) is 34.9 Å². The lowest BCUT2D eigenvalue weighted by molar-refractivity contribution is 0.0929. The Morgan fingerprint density at radius 1 is 1.41 bits per heavy atom. The van der Waals surface area contributed by atoms with Crippen molar-refractivity contribution in [1.29, 1.82) is 0 Å². The number of aromatic nitrogens is 1. The van der Waals surface area contributed by atoms with Crippen LogP contribution in [0.25, 0.3) is 0 Å². The average molecular weight is 236 g/mol. The zero-order chi connectivity index (χ0) is 13.2. The lowest BCUT2D eigenvalue weighted by Gasteiger charge is -2.19. The number of rotatable bonds is 5. The highest BCUT2D eigenvalue weighted by molar-refractivity contribution is 5.99. The van der Waals surface area contributed by atoms with Crippen LogP contribution < -0.4 is 0 Å². The normalized spacial score (nSPS) is 11.5. The van der Waals surface area contributed by atoms with Gasteiger partial charge in [0.15, 0.2) is 5.78 Å². The Hall–Kier alpha value is -1.09. The summed E-state index contributed by atoms with van der Waals surface area (Å²) in [5.41, 5.74) is 3.13. The molecule has 0 amide bonds. The third kappa shape index (κ3) is 2.97. The lowest BCUT2D eigenvalue weighted by Crippen LogP contribution is -2.32. The Morgan fingerprint density at radius 2 is 2.00 bits per heavy atom. The largest absolute Gasteiger partial charge is 0.349 e. The van der Waals surface area contributed by atoms with E-state index in [9.17, 15) is 4.79 Å². The van der Waals surface area contributed by atoms with Crippen LogP contribution in [-0.2, 0) is 6.54 Å². The van der Waals surface area contributed by atoms with Gasteiger partial charge in [-0.25, -0.2) is 0 Å². The van der Waals surface area contributed by atoms with Gasteiger partial charge in [-0.15, -0.1) is 0 Å². The van der Waals surface area contributed by atoms with Crippen molar-refractivity contribution in [2.45, 2.75) is 47.2 Å². The number of hydrogen-bond acceptors (Lipinski definition) is 2. The lowest BCUT2D eigenvalue weighted by atomic mass is 10.1. The van der Waals surface area contributed by atoms with Gasteiger partial charge in [0.1, 0.15) is 0 Å². The molecule has 1 heterocycles. The van der Waals surface area contributed by atoms with Crippen LogP contribution in [0.4, 0.5) is 0 Å². The van der Waals surface area contributed by atoms with Crippen LogP contribution in [0.1, 0.15) is 42.5 Å². The van der Waals surface area contributed by atoms with Crippen molar-refractivity contribution < 1.29 is 4.79 Å². The molecule has 0 unspecified atom stereocenters. The number of hydrogen-bond donors (Lipinski definition) is 0. The highest BCUT2D eigenvalue weighted by atomic mass is 16.1. The minimum atomic E-state index is 0.217. The quantitative estimate of drug-likeness (QED) is 0.734. The molecule has 17 heavy (non-hydrogen) atoms. The SMILES string of the molecule is CCn1c(C)cc(C(=O)CN(C)C(C)C)c1C. The fourth-order valence-electron chi connectivity index (χ4n) is 2.06. The predicted octanol–water partition coefficient (Wildman–Crippen LogP) is 2.65. The molecule has 0 bridgehead atoms. The van der Waals surface area contributed by atoms with E-state index >= 15 is 0 Å². The monoisotopic (exact) mass is 236 g/mol. The van der Waals surface area contributed by atoms with Crippen molar-refractivity contribution >= 4 is 5.78 Å². The third-order valence-corrected chi connectivity index (χ3v) is 3.46. The fourth-order valence-corrected chi connectivity index (χ4v) is 2.06. The molecule has 1 rings (SSSR count). The topological polar surface area (TPSA) is 25.2 Å². The molecule has 0 aromatic carbocycles. The maximum Gasteiger partial charge on any atom is 0.178 e. The molecule has 3 nitrogen and oxygen atoms in total. The third-order valence-electron chi connectivity index (χ3n) is 3.46. The number of aryl methyl sites for hydroxylation is 1. The first-order chi connectivity index (χ1) is 7.88. The van der Waals surface area contributed by atoms with Gasteiger partial charge < -0.3 is 4.57 Å². The molecule has 0 aliphatic rings. The number of likely N-dealkylation sites (N-methyl/N-ethyl adjacent to an activating group) is 1. The number of nitrogens with zero attached hydrogens (tertiary/aromatic N) is 2. The second-order valence-corrected chi connectivity index (χ2v) is 4.96. The van der Waals surface area contributed by atoms with E-state index in [0.717, 1.165) is 17.8 Å². The van der Waals surface area contributed by atoms with E-state index in [0.29, 0.717) is 12.6 Å². The van der Waals surface area contributed by atoms with Crippen molar-refractivity contribution in [3.05, 3.63) is 23.0 Å². The molecule has 96 valence electrons. The molecule has 0 spiro atoms. The number of carbonyl (C=O) groups is 1. The number of Topliss-reactive ketones (excluding diaryl/α,β-unsaturated/α-hetero) is 1. The summed E-state index contributed by atoms with van der Waals surface area (Å²) in [6, 6.07) is 2.41. The Labute approximate surface area is 104 Å². The smallest absolute Gasteiger partial charge is 0.178 e. The summed E-state index contributed by atoms with van der Waals surface area (Å²) in [7, 11) is 1.99. The second-order valence-electron chi connectivity index (χ2n) is 4.96. The maximum absolute atomic E-state index is 12.2. The van der Waals surface area contributed by atoms with Crippen LogP contribution in [0.2, 0.25) is 0 Å². The first-order valence-corrected chi connectivity index (χ1v) is 6.28. The Bertz CT molecular complexity index is 405. The molecule has 1 aromatic rings. The minimum Gasteiger partial charge on any atom is -0.349 e. The minimum absolute atomic E-state index is 0.217. The van der Waals surface area contributed by atoms with E-state index < -0.39 is 0 Å². The summed E-state index contributed by atoms with van der Waals surface area (Å²) in [5.74, 6) is 0.217. The van der Waals surface area contributed by atoms with Gasteiger partial charge in [0.05, 0.1) is 6.54 Å². The first-order valence-electron chi connectivity index (χ1n) is 6.28. The molecule has 3 heteroatoms. The predicted molar refractivity (Wildman–Crippen MR) is 71.7 cm³/mol. The molecule has 0 saturated heterocycles. The van der Waals surface area contributed by atoms with Crippen molar-refractivity contribution in [1.82, 2.24) is 9.47 Å². The van der Waals surface area contributed by atoms with Gasteiger partial charge in [0.25, 0.3) is 0 Å². The van der Waals surface area contributed by atoms with Gasteiger partial charge in [-0.1, -0.05) is 0 Å². The van der Waals surface area contributed by atoms with E-state index in [1.165, 1.54) is 5.69 Å². The number of carbonyl (C=O) groups excluding carboxylic acids is 1. The second kappa shape index (κ2) is 5.50. The molecule has 1 aromatic heterocycles. The first kappa shape index (κ1) is 14.0. The molecule has 0 aliphatic heterocycles. The summed E-state index contributed by atoms with van der Waals surface area (Å²) in [4.78, 5) is 14.3. The van der Waals surface area contributed by atoms with Crippen molar-refractivity contribution in [2.75, 3.05) is 13.6 Å². The Balaban J connectivity index is 2.90. The van der Waals surface area contributed by atoms with Crippen molar-refractivity contribution in [3.8, 4) is 0 Å². The molecule has 0 N–H and O–H groups in total. The Morgan fingerprint density at radius 3 is 2.41 bits per heavy atom. The van der Waals surface area contributed by atoms with Crippen molar-refractivity contribution in [2.24, 2.45) is 0 Å². The summed E-state index contributed by atoms with van der Waals surface area (Å²) in [6.45, 7) is 11.8. The zero-order valence-corrected chi connectivity index (χ0v) is 11.9. The van der Waals surface area contributed by atoms with Gasteiger partial charge in [0, 0.05) is 29.5 Å². The van der Waals surface area contributed by atoms with Gasteiger partial charge in [0.2, 0.25) is 0 Å². The summed E-state index contributed by atoms with van der Waals surface area (Å²) in [5, 5.41) is 0. The standard InChI is InChI=1S/C14H24N2O/c1-7-16-11(4)8-13(12(16)5)14(17)9-15(6)10(2)3/h8,10H,7,9H2,1-6H3. The van der Waals surface area contributed by atoms with E-state index in [1.807, 2.05) is 20.0 Å². The molecular weight excluding hydrogens is 212 g/mol. The van der Waals surface area contributed by atoms with E-state index in [2.05, 4.69) is 37.2 Å². The molecule has 0 atom stereocenters. The molecule has 0 aliphatic carbocycles.